The molecule has 0 fully saturated rings. The lowest BCUT2D eigenvalue weighted by molar-refractivity contribution is -0.137. The lowest BCUT2D eigenvalue weighted by atomic mass is 10.0. The first-order chi connectivity index (χ1) is 17.9. The molecule has 0 unspecified atom stereocenters. The first-order valence-electron chi connectivity index (χ1n) is 11.5. The van der Waals surface area contributed by atoms with Gasteiger partial charge in [-0.3, -0.25) is 4.98 Å². The molecule has 5 aromatic rings. The van der Waals surface area contributed by atoms with Gasteiger partial charge in [0.05, 0.1) is 34.4 Å². The number of fused-ring (bicyclic) bond motifs is 1. The first kappa shape index (κ1) is 24.1. The van der Waals surface area contributed by atoms with Gasteiger partial charge in [-0.2, -0.15) is 18.3 Å². The van der Waals surface area contributed by atoms with E-state index in [2.05, 4.69) is 30.5 Å². The molecule has 37 heavy (non-hydrogen) atoms. The summed E-state index contributed by atoms with van der Waals surface area (Å²) in [5, 5.41) is 12.3. The van der Waals surface area contributed by atoms with Gasteiger partial charge in [-0.1, -0.05) is 54.6 Å². The van der Waals surface area contributed by atoms with E-state index in [4.69, 9.17) is 0 Å². The number of nitrogens with zero attached hydrogens (tertiary/aromatic N) is 5. The summed E-state index contributed by atoms with van der Waals surface area (Å²) in [5.74, 6) is 0.260. The van der Waals surface area contributed by atoms with E-state index in [-0.39, 0.29) is 12.5 Å². The highest BCUT2D eigenvalue weighted by atomic mass is 19.4. The largest absolute Gasteiger partial charge is 0.416 e. The molecule has 0 aliphatic carbocycles. The number of nitrogens with one attached hydrogen (secondary N) is 1. The van der Waals surface area contributed by atoms with Gasteiger partial charge in [-0.25, -0.2) is 9.97 Å². The van der Waals surface area contributed by atoms with Crippen LogP contribution in [0.4, 0.5) is 30.5 Å². The average molecular weight is 499 g/mol. The molecule has 0 aliphatic rings. The number of alkyl halides is 3. The number of para-hydroxylation sites is 1. The summed E-state index contributed by atoms with van der Waals surface area (Å²) in [6.45, 7) is 2.11. The summed E-state index contributed by atoms with van der Waals surface area (Å²) in [6.07, 6.45) is -2.87. The van der Waals surface area contributed by atoms with Gasteiger partial charge in [0.25, 0.3) is 5.95 Å². The van der Waals surface area contributed by atoms with E-state index in [1.165, 1.54) is 12.3 Å². The Morgan fingerprint density at radius 1 is 0.838 bits per heavy atom. The zero-order valence-corrected chi connectivity index (χ0v) is 19.7. The van der Waals surface area contributed by atoms with Gasteiger partial charge in [0.2, 0.25) is 0 Å². The molecule has 0 radical (unpaired) electrons. The van der Waals surface area contributed by atoms with Crippen molar-refractivity contribution >= 4 is 28.2 Å². The van der Waals surface area contributed by atoms with Crippen LogP contribution in [0.15, 0.2) is 101 Å². The topological polar surface area (TPSA) is 75.4 Å². The van der Waals surface area contributed by atoms with Crippen LogP contribution in [0, 0.1) is 6.92 Å². The Morgan fingerprint density at radius 2 is 1.65 bits per heavy atom. The molecule has 0 atom stereocenters. The number of anilines is 2. The highest BCUT2D eigenvalue weighted by Gasteiger charge is 2.30. The molecule has 2 aromatic heterocycles. The molecule has 0 aliphatic heterocycles. The predicted molar refractivity (Wildman–Crippen MR) is 137 cm³/mol. The van der Waals surface area contributed by atoms with Crippen LogP contribution in [0.5, 0.6) is 0 Å². The van der Waals surface area contributed by atoms with E-state index in [9.17, 15) is 13.2 Å². The molecule has 6 nitrogen and oxygen atoms in total. The second kappa shape index (κ2) is 10.1. The van der Waals surface area contributed by atoms with Crippen LogP contribution < -0.4 is 5.32 Å². The summed E-state index contributed by atoms with van der Waals surface area (Å²) >= 11 is 0. The van der Waals surface area contributed by atoms with Crippen molar-refractivity contribution in [1.29, 1.82) is 0 Å². The Labute approximate surface area is 211 Å². The van der Waals surface area contributed by atoms with Crippen molar-refractivity contribution in [3.8, 4) is 11.1 Å². The molecule has 3 aromatic carbocycles. The summed E-state index contributed by atoms with van der Waals surface area (Å²) in [5.41, 5.74) is 4.45. The highest BCUT2D eigenvalue weighted by Crippen LogP contribution is 2.32. The van der Waals surface area contributed by atoms with Crippen molar-refractivity contribution in [2.75, 3.05) is 5.32 Å². The Balaban J connectivity index is 1.30. The minimum atomic E-state index is -4.40. The third-order valence-electron chi connectivity index (χ3n) is 5.69. The summed E-state index contributed by atoms with van der Waals surface area (Å²) in [7, 11) is 0. The Kier molecular flexibility index (Phi) is 6.59. The van der Waals surface area contributed by atoms with E-state index in [0.29, 0.717) is 17.1 Å². The van der Waals surface area contributed by atoms with E-state index in [1.54, 1.807) is 18.2 Å². The van der Waals surface area contributed by atoms with Gasteiger partial charge in [0.1, 0.15) is 6.54 Å². The lowest BCUT2D eigenvalue weighted by Crippen LogP contribution is -2.05. The zero-order valence-electron chi connectivity index (χ0n) is 19.7. The molecule has 0 saturated heterocycles. The SMILES string of the molecule is Cc1nc(N=NCc2ccc(Nc3cccc(C(F)(F)F)c3)cn2)nc2c(-c3ccccc3)cccc12. The number of azo groups is 1. The van der Waals surface area contributed by atoms with Crippen molar-refractivity contribution in [3.63, 3.8) is 0 Å². The normalized spacial score (nSPS) is 11.8. The van der Waals surface area contributed by atoms with Crippen LogP contribution in [0.2, 0.25) is 0 Å². The second-order valence-electron chi connectivity index (χ2n) is 8.32. The predicted octanol–water partition coefficient (Wildman–Crippen LogP) is 8.05. The molecule has 0 spiro atoms. The number of aromatic nitrogens is 3. The van der Waals surface area contributed by atoms with Crippen molar-refractivity contribution in [1.82, 2.24) is 15.0 Å². The number of aryl methyl sites for hydroxylation is 1. The van der Waals surface area contributed by atoms with Crippen LogP contribution in [0.1, 0.15) is 17.0 Å². The standard InChI is InChI=1S/C28H21F3N6/c1-18-24-11-6-12-25(19-7-3-2-4-8-19)26(24)36-27(34-18)37-33-17-22-13-14-23(16-32-22)35-21-10-5-9-20(15-21)28(29,30)31/h2-16,35H,17H2,1H3. The Morgan fingerprint density at radius 3 is 2.41 bits per heavy atom. The quantitative estimate of drug-likeness (QED) is 0.240. The van der Waals surface area contributed by atoms with Gasteiger partial charge in [0.15, 0.2) is 0 Å². The zero-order chi connectivity index (χ0) is 25.8. The van der Waals surface area contributed by atoms with Crippen LogP contribution in [0.25, 0.3) is 22.0 Å². The van der Waals surface area contributed by atoms with Crippen molar-refractivity contribution in [3.05, 3.63) is 108 Å². The highest BCUT2D eigenvalue weighted by molar-refractivity contribution is 5.95. The van der Waals surface area contributed by atoms with Gasteiger partial charge in [-0.15, -0.1) is 5.11 Å². The van der Waals surface area contributed by atoms with Crippen molar-refractivity contribution in [2.45, 2.75) is 19.6 Å². The van der Waals surface area contributed by atoms with Crippen molar-refractivity contribution < 1.29 is 13.2 Å². The van der Waals surface area contributed by atoms with Crippen molar-refractivity contribution in [2.24, 2.45) is 10.2 Å². The molecule has 0 amide bonds. The summed E-state index contributed by atoms with van der Waals surface area (Å²) < 4.78 is 38.8. The third kappa shape index (κ3) is 5.61. The number of halogens is 3. The van der Waals surface area contributed by atoms with Gasteiger partial charge < -0.3 is 5.32 Å². The van der Waals surface area contributed by atoms with Crippen LogP contribution in [0.3, 0.4) is 0 Å². The monoisotopic (exact) mass is 498 g/mol. The first-order valence-corrected chi connectivity index (χ1v) is 11.5. The molecule has 1 N–H and O–H groups in total. The number of benzene rings is 3. The molecule has 2 heterocycles. The summed E-state index contributed by atoms with van der Waals surface area (Å²) in [6, 6.07) is 24.4. The van der Waals surface area contributed by atoms with Gasteiger partial charge in [0, 0.05) is 16.6 Å². The molecule has 5 rings (SSSR count). The maximum atomic E-state index is 12.9. The smallest absolute Gasteiger partial charge is 0.354 e. The number of hydrogen-bond donors (Lipinski definition) is 1. The van der Waals surface area contributed by atoms with Crippen LogP contribution >= 0.6 is 0 Å². The fourth-order valence-electron chi connectivity index (χ4n) is 3.89. The molecular weight excluding hydrogens is 477 g/mol. The lowest BCUT2D eigenvalue weighted by Gasteiger charge is -2.10. The molecule has 0 bridgehead atoms. The maximum absolute atomic E-state index is 12.9. The fraction of sp³-hybridized carbons (Fsp3) is 0.107. The Bertz CT molecular complexity index is 1570. The van der Waals surface area contributed by atoms with E-state index < -0.39 is 11.7 Å². The molecule has 9 heteroatoms. The third-order valence-corrected chi connectivity index (χ3v) is 5.69. The van der Waals surface area contributed by atoms with E-state index in [1.807, 2.05) is 55.5 Å². The van der Waals surface area contributed by atoms with Gasteiger partial charge in [-0.05, 0) is 42.8 Å². The maximum Gasteiger partial charge on any atom is 0.416 e. The Hall–Kier alpha value is -4.66. The number of hydrogen-bond acceptors (Lipinski definition) is 6. The fourth-order valence-corrected chi connectivity index (χ4v) is 3.89. The summed E-state index contributed by atoms with van der Waals surface area (Å²) in [4.78, 5) is 13.4. The van der Waals surface area contributed by atoms with Crippen LogP contribution in [-0.4, -0.2) is 15.0 Å². The van der Waals surface area contributed by atoms with Gasteiger partial charge >= 0.3 is 6.18 Å². The number of rotatable bonds is 6. The molecular formula is C28H21F3N6. The average Bonchev–Trinajstić information content (AvgIpc) is 2.90. The van der Waals surface area contributed by atoms with E-state index >= 15 is 0 Å². The molecule has 0 saturated carbocycles. The molecule has 184 valence electrons. The minimum absolute atomic E-state index is 0.199. The van der Waals surface area contributed by atoms with E-state index in [0.717, 1.165) is 39.9 Å². The van der Waals surface area contributed by atoms with Crippen LogP contribution in [-0.2, 0) is 12.7 Å². The second-order valence-corrected chi connectivity index (χ2v) is 8.32. The number of pyridine rings is 1. The minimum Gasteiger partial charge on any atom is -0.354 e.